The first kappa shape index (κ1) is 21.3. The minimum atomic E-state index is -0.712. The Morgan fingerprint density at radius 1 is 1.06 bits per heavy atom. The number of benzene rings is 2. The number of aromatic nitrogens is 2. The molecule has 0 radical (unpaired) electrons. The number of ether oxygens (including phenoxy) is 1. The van der Waals surface area contributed by atoms with Gasteiger partial charge in [-0.1, -0.05) is 0 Å². The summed E-state index contributed by atoms with van der Waals surface area (Å²) in [6.07, 6.45) is 0. The van der Waals surface area contributed by atoms with E-state index in [1.165, 1.54) is 23.6 Å². The molecule has 0 saturated carbocycles. The van der Waals surface area contributed by atoms with Crippen LogP contribution in [-0.2, 0) is 4.79 Å². The third kappa shape index (κ3) is 3.39. The summed E-state index contributed by atoms with van der Waals surface area (Å²) in [5.41, 5.74) is 6.16. The summed E-state index contributed by atoms with van der Waals surface area (Å²) in [5.74, 6) is -0.526. The van der Waals surface area contributed by atoms with E-state index in [1.54, 1.807) is 30.3 Å². The van der Waals surface area contributed by atoms with Crippen molar-refractivity contribution in [1.29, 1.82) is 0 Å². The molecule has 0 unspecified atom stereocenters. The zero-order valence-corrected chi connectivity index (χ0v) is 18.4. The van der Waals surface area contributed by atoms with Crippen LogP contribution >= 0.6 is 11.3 Å². The lowest BCUT2D eigenvalue weighted by molar-refractivity contribution is -0.118. The van der Waals surface area contributed by atoms with Crippen LogP contribution in [0.2, 0.25) is 0 Å². The minimum absolute atomic E-state index is 0.0122. The second-order valence-corrected chi connectivity index (χ2v) is 8.60. The number of hydrogen-bond acceptors (Lipinski definition) is 8. The highest BCUT2D eigenvalue weighted by molar-refractivity contribution is 7.21. The molecule has 1 aliphatic heterocycles. The normalized spacial score (nSPS) is 12.7. The Labute approximate surface area is 194 Å². The van der Waals surface area contributed by atoms with Crippen molar-refractivity contribution in [2.75, 3.05) is 17.7 Å². The third-order valence-corrected chi connectivity index (χ3v) is 6.58. The van der Waals surface area contributed by atoms with Crippen molar-refractivity contribution in [2.24, 2.45) is 0 Å². The van der Waals surface area contributed by atoms with Gasteiger partial charge in [-0.25, -0.2) is 4.79 Å². The number of carbonyl (C=O) groups is 3. The lowest BCUT2D eigenvalue weighted by atomic mass is 10.1. The number of hydrogen-bond donors (Lipinski definition) is 3. The van der Waals surface area contributed by atoms with Gasteiger partial charge in [-0.2, -0.15) is 0 Å². The van der Waals surface area contributed by atoms with Gasteiger partial charge in [0.2, 0.25) is 5.78 Å². The molecule has 2 aromatic carbocycles. The number of nitrogens with two attached hydrogens (primary N) is 1. The molecule has 0 spiro atoms. The van der Waals surface area contributed by atoms with Gasteiger partial charge in [0.05, 0.1) is 22.4 Å². The Morgan fingerprint density at radius 2 is 1.76 bits per heavy atom. The van der Waals surface area contributed by atoms with Crippen molar-refractivity contribution in [3.8, 4) is 11.4 Å². The van der Waals surface area contributed by atoms with E-state index in [9.17, 15) is 24.0 Å². The Balaban J connectivity index is 1.66. The molecule has 2 aromatic heterocycles. The van der Waals surface area contributed by atoms with Gasteiger partial charge in [-0.05, 0) is 49.4 Å². The molecule has 0 bridgehead atoms. The fourth-order valence-corrected chi connectivity index (χ4v) is 4.92. The maximum atomic E-state index is 13.3. The highest BCUT2D eigenvalue weighted by Gasteiger charge is 2.25. The van der Waals surface area contributed by atoms with E-state index in [0.717, 1.165) is 11.3 Å². The maximum absolute atomic E-state index is 13.3. The van der Waals surface area contributed by atoms with Crippen LogP contribution in [0.5, 0.6) is 5.75 Å². The number of ketones is 2. The van der Waals surface area contributed by atoms with E-state index in [1.807, 2.05) is 0 Å². The summed E-state index contributed by atoms with van der Waals surface area (Å²) in [7, 11) is 0. The van der Waals surface area contributed by atoms with Crippen LogP contribution < -0.4 is 27.0 Å². The molecule has 0 atom stereocenters. The topological polar surface area (TPSA) is 153 Å². The average molecular weight is 476 g/mol. The van der Waals surface area contributed by atoms with Gasteiger partial charge in [0.25, 0.3) is 11.5 Å². The highest BCUT2D eigenvalue weighted by Crippen LogP contribution is 2.35. The van der Waals surface area contributed by atoms with Crippen molar-refractivity contribution in [1.82, 2.24) is 9.55 Å². The van der Waals surface area contributed by atoms with Crippen LogP contribution in [0.1, 0.15) is 32.5 Å². The fraction of sp³-hybridized carbons (Fsp3) is 0.0870. The van der Waals surface area contributed by atoms with E-state index >= 15 is 0 Å². The van der Waals surface area contributed by atoms with Crippen molar-refractivity contribution in [2.45, 2.75) is 6.92 Å². The van der Waals surface area contributed by atoms with E-state index in [0.29, 0.717) is 22.7 Å². The second-order valence-electron chi connectivity index (χ2n) is 7.60. The molecule has 0 aliphatic carbocycles. The van der Waals surface area contributed by atoms with Gasteiger partial charge in [-0.15, -0.1) is 11.3 Å². The van der Waals surface area contributed by atoms with Crippen LogP contribution in [0.15, 0.2) is 52.1 Å². The smallest absolute Gasteiger partial charge is 0.334 e. The van der Waals surface area contributed by atoms with E-state index in [2.05, 4.69) is 10.3 Å². The first-order chi connectivity index (χ1) is 16.2. The van der Waals surface area contributed by atoms with Crippen LogP contribution in [-0.4, -0.2) is 33.6 Å². The van der Waals surface area contributed by atoms with Crippen molar-refractivity contribution in [3.63, 3.8) is 0 Å². The molecular formula is C23H16N4O6S. The summed E-state index contributed by atoms with van der Waals surface area (Å²) in [4.78, 5) is 64.3. The lowest BCUT2D eigenvalue weighted by Crippen LogP contribution is -2.28. The van der Waals surface area contributed by atoms with E-state index < -0.39 is 17.0 Å². The largest absolute Gasteiger partial charge is 0.482 e. The van der Waals surface area contributed by atoms with E-state index in [-0.39, 0.29) is 44.6 Å². The van der Waals surface area contributed by atoms with Gasteiger partial charge in [0.15, 0.2) is 12.4 Å². The number of fused-ring (bicyclic) bond motifs is 2. The first-order valence-corrected chi connectivity index (χ1v) is 10.9. The number of nitrogens with one attached hydrogen (secondary N) is 2. The Bertz CT molecular complexity index is 1650. The predicted molar refractivity (Wildman–Crippen MR) is 126 cm³/mol. The predicted octanol–water partition coefficient (Wildman–Crippen LogP) is 2.09. The van der Waals surface area contributed by atoms with Crippen molar-refractivity contribution < 1.29 is 19.1 Å². The molecule has 4 N–H and O–H groups in total. The molecule has 11 heteroatoms. The number of nitrogens with zero attached hydrogens (tertiary/aromatic N) is 1. The number of H-pyrrole nitrogens is 1. The quantitative estimate of drug-likeness (QED) is 0.381. The molecular weight excluding hydrogens is 460 g/mol. The molecule has 170 valence electrons. The SMILES string of the molecule is CC(=O)c1ccc(-n2c(=O)[nH]c(=O)c3c(N)c(C(=O)c4ccc5c(c4)NC(=O)CO5)sc32)cc1. The molecule has 1 amide bonds. The third-order valence-electron chi connectivity index (χ3n) is 5.39. The standard InChI is InChI=1S/C23H16N4O6S/c1-10(28)11-2-5-13(6-3-11)27-22-17(21(31)26-23(27)32)18(24)20(34-22)19(30)12-4-7-15-14(8-12)25-16(29)9-33-15/h2-8H,9,24H2,1H3,(H,25,29)(H,26,31,32). The molecule has 3 heterocycles. The lowest BCUT2D eigenvalue weighted by Gasteiger charge is -2.18. The Kier molecular flexibility index (Phi) is 4.91. The van der Waals surface area contributed by atoms with Gasteiger partial charge in [0.1, 0.15) is 15.5 Å². The number of rotatable bonds is 4. The summed E-state index contributed by atoms with van der Waals surface area (Å²) < 4.78 is 6.55. The number of carbonyl (C=O) groups excluding carboxylic acids is 3. The highest BCUT2D eigenvalue weighted by atomic mass is 32.1. The van der Waals surface area contributed by atoms with Crippen LogP contribution in [0.4, 0.5) is 11.4 Å². The number of nitrogen functional groups attached to an aromatic ring is 1. The molecule has 10 nitrogen and oxygen atoms in total. The van der Waals surface area contributed by atoms with Gasteiger partial charge >= 0.3 is 5.69 Å². The zero-order valence-electron chi connectivity index (χ0n) is 17.6. The summed E-state index contributed by atoms with van der Waals surface area (Å²) >= 11 is 0.908. The number of amides is 1. The van der Waals surface area contributed by atoms with Crippen molar-refractivity contribution >= 4 is 50.4 Å². The van der Waals surface area contributed by atoms with Crippen LogP contribution in [0.3, 0.4) is 0 Å². The molecule has 34 heavy (non-hydrogen) atoms. The minimum Gasteiger partial charge on any atom is -0.482 e. The monoisotopic (exact) mass is 476 g/mol. The molecule has 0 saturated heterocycles. The molecule has 1 aliphatic rings. The molecule has 4 aromatic rings. The number of aromatic amines is 1. The molecule has 5 rings (SSSR count). The van der Waals surface area contributed by atoms with Gasteiger partial charge in [0, 0.05) is 11.1 Å². The summed E-state index contributed by atoms with van der Waals surface area (Å²) in [5, 5.41) is 2.65. The fourth-order valence-electron chi connectivity index (χ4n) is 3.72. The first-order valence-electron chi connectivity index (χ1n) is 10.0. The van der Waals surface area contributed by atoms with E-state index in [4.69, 9.17) is 10.5 Å². The average Bonchev–Trinajstić information content (AvgIpc) is 3.15. The summed E-state index contributed by atoms with van der Waals surface area (Å²) in [6, 6.07) is 10.8. The van der Waals surface area contributed by atoms with Crippen molar-refractivity contribution in [3.05, 3.63) is 79.3 Å². The van der Waals surface area contributed by atoms with Crippen LogP contribution in [0, 0.1) is 0 Å². The molecule has 0 fully saturated rings. The number of Topliss-reactive ketones (excluding diaryl/α,β-unsaturated/α-hetero) is 1. The maximum Gasteiger partial charge on any atom is 0.334 e. The number of anilines is 2. The Hall–Kier alpha value is -4.51. The zero-order chi connectivity index (χ0) is 24.1. The van der Waals surface area contributed by atoms with Gasteiger partial charge < -0.3 is 15.8 Å². The summed E-state index contributed by atoms with van der Waals surface area (Å²) in [6.45, 7) is 1.31. The second kappa shape index (κ2) is 7.81. The Morgan fingerprint density at radius 3 is 2.47 bits per heavy atom. The van der Waals surface area contributed by atoms with Crippen LogP contribution in [0.25, 0.3) is 15.9 Å². The number of thiophene rings is 1. The van der Waals surface area contributed by atoms with Gasteiger partial charge in [-0.3, -0.25) is 28.7 Å².